The highest BCUT2D eigenvalue weighted by Gasteiger charge is 2.13. The molecular formula is C13H15N5O. The van der Waals surface area contributed by atoms with E-state index in [1.165, 1.54) is 0 Å². The van der Waals surface area contributed by atoms with Gasteiger partial charge >= 0.3 is 0 Å². The second kappa shape index (κ2) is 5.92. The highest BCUT2D eigenvalue weighted by Crippen LogP contribution is 2.08. The predicted molar refractivity (Wildman–Crippen MR) is 72.1 cm³/mol. The molecule has 0 bridgehead atoms. The molecule has 3 N–H and O–H groups in total. The summed E-state index contributed by atoms with van der Waals surface area (Å²) >= 11 is 0. The minimum Gasteiger partial charge on any atom is -0.336 e. The summed E-state index contributed by atoms with van der Waals surface area (Å²) in [7, 11) is 1.72. The number of amides is 1. The monoisotopic (exact) mass is 257 g/mol. The number of anilines is 1. The Bertz CT molecular complexity index is 558. The predicted octanol–water partition coefficient (Wildman–Crippen LogP) is 1.03. The third-order valence-electron chi connectivity index (χ3n) is 2.61. The second-order valence-electron chi connectivity index (χ2n) is 4.07. The lowest BCUT2D eigenvalue weighted by atomic mass is 10.2. The number of hydrogen-bond donors (Lipinski definition) is 2. The lowest BCUT2D eigenvalue weighted by molar-refractivity contribution is 0.0779. The molecule has 0 spiro atoms. The first-order chi connectivity index (χ1) is 9.20. The number of carbonyl (C=O) groups excluding carboxylic acids is 1. The Balaban J connectivity index is 2.10. The van der Waals surface area contributed by atoms with Gasteiger partial charge in [0.1, 0.15) is 11.5 Å². The van der Waals surface area contributed by atoms with E-state index in [9.17, 15) is 4.79 Å². The van der Waals surface area contributed by atoms with E-state index < -0.39 is 0 Å². The molecule has 2 aromatic rings. The molecule has 0 unspecified atom stereocenters. The lowest BCUT2D eigenvalue weighted by Gasteiger charge is -2.16. The summed E-state index contributed by atoms with van der Waals surface area (Å²) in [5.41, 5.74) is 3.73. The van der Waals surface area contributed by atoms with Crippen LogP contribution in [-0.4, -0.2) is 27.8 Å². The van der Waals surface area contributed by atoms with Crippen LogP contribution in [-0.2, 0) is 6.54 Å². The van der Waals surface area contributed by atoms with Gasteiger partial charge in [-0.25, -0.2) is 10.8 Å². The number of hydrogen-bond acceptors (Lipinski definition) is 5. The maximum atomic E-state index is 12.2. The topological polar surface area (TPSA) is 84.1 Å². The first-order valence-electron chi connectivity index (χ1n) is 5.79. The molecule has 6 heteroatoms. The number of hydrazine groups is 1. The largest absolute Gasteiger partial charge is 0.336 e. The molecule has 0 atom stereocenters. The Labute approximate surface area is 111 Å². The van der Waals surface area contributed by atoms with E-state index >= 15 is 0 Å². The Morgan fingerprint density at radius 2 is 2.21 bits per heavy atom. The van der Waals surface area contributed by atoms with Gasteiger partial charge in [0.25, 0.3) is 5.91 Å². The molecule has 2 aromatic heterocycles. The molecule has 2 heterocycles. The molecule has 0 fully saturated rings. The van der Waals surface area contributed by atoms with Crippen LogP contribution in [0.15, 0.2) is 42.7 Å². The van der Waals surface area contributed by atoms with Crippen LogP contribution in [0.25, 0.3) is 0 Å². The van der Waals surface area contributed by atoms with E-state index in [4.69, 9.17) is 5.84 Å². The van der Waals surface area contributed by atoms with E-state index in [1.807, 2.05) is 12.1 Å². The molecule has 0 radical (unpaired) electrons. The molecule has 0 aliphatic carbocycles. The van der Waals surface area contributed by atoms with Gasteiger partial charge in [-0.1, -0.05) is 12.1 Å². The lowest BCUT2D eigenvalue weighted by Crippen LogP contribution is -2.27. The smallest absolute Gasteiger partial charge is 0.272 e. The zero-order chi connectivity index (χ0) is 13.7. The van der Waals surface area contributed by atoms with Crippen LogP contribution in [0.5, 0.6) is 0 Å². The summed E-state index contributed by atoms with van der Waals surface area (Å²) < 4.78 is 0. The highest BCUT2D eigenvalue weighted by atomic mass is 16.2. The van der Waals surface area contributed by atoms with Gasteiger partial charge in [-0.2, -0.15) is 0 Å². The van der Waals surface area contributed by atoms with Crippen LogP contribution in [0.2, 0.25) is 0 Å². The third-order valence-corrected chi connectivity index (χ3v) is 2.61. The number of aromatic nitrogens is 2. The van der Waals surface area contributed by atoms with Crippen molar-refractivity contribution in [1.29, 1.82) is 0 Å². The van der Waals surface area contributed by atoms with Crippen molar-refractivity contribution in [3.8, 4) is 0 Å². The van der Waals surface area contributed by atoms with Gasteiger partial charge in [0.15, 0.2) is 0 Å². The SMILES string of the molecule is CN(Cc1cccnc1)C(=O)c1cccc(NN)n1. The van der Waals surface area contributed by atoms with Crippen LogP contribution in [0, 0.1) is 0 Å². The Morgan fingerprint density at radius 3 is 2.89 bits per heavy atom. The second-order valence-corrected chi connectivity index (χ2v) is 4.07. The van der Waals surface area contributed by atoms with Crippen LogP contribution >= 0.6 is 0 Å². The van der Waals surface area contributed by atoms with Crippen LogP contribution in [0.1, 0.15) is 16.1 Å². The Kier molecular flexibility index (Phi) is 4.04. The summed E-state index contributed by atoms with van der Waals surface area (Å²) in [6, 6.07) is 8.83. The third kappa shape index (κ3) is 3.26. The zero-order valence-electron chi connectivity index (χ0n) is 10.6. The van der Waals surface area contributed by atoms with E-state index in [-0.39, 0.29) is 5.91 Å². The summed E-state index contributed by atoms with van der Waals surface area (Å²) in [5.74, 6) is 5.57. The van der Waals surface area contributed by atoms with Crippen molar-refractivity contribution < 1.29 is 4.79 Å². The van der Waals surface area contributed by atoms with E-state index in [1.54, 1.807) is 42.5 Å². The summed E-state index contributed by atoms with van der Waals surface area (Å²) in [6.45, 7) is 0.481. The molecular weight excluding hydrogens is 242 g/mol. The number of nitrogens with two attached hydrogens (primary N) is 1. The molecule has 1 amide bonds. The first kappa shape index (κ1) is 13.0. The van der Waals surface area contributed by atoms with Gasteiger partial charge in [0.2, 0.25) is 0 Å². The summed E-state index contributed by atoms with van der Waals surface area (Å²) in [4.78, 5) is 21.9. The standard InChI is InChI=1S/C13H15N5O/c1-18(9-10-4-3-7-15-8-10)13(19)11-5-2-6-12(16-11)17-14/h2-8H,9,14H2,1H3,(H,16,17). The van der Waals surface area contributed by atoms with Crippen LogP contribution < -0.4 is 11.3 Å². The minimum absolute atomic E-state index is 0.166. The molecule has 0 saturated carbocycles. The van der Waals surface area contributed by atoms with Gasteiger partial charge in [0.05, 0.1) is 0 Å². The van der Waals surface area contributed by atoms with Crippen molar-refractivity contribution in [1.82, 2.24) is 14.9 Å². The first-order valence-corrected chi connectivity index (χ1v) is 5.79. The maximum absolute atomic E-state index is 12.2. The molecule has 2 rings (SSSR count). The van der Waals surface area contributed by atoms with Gasteiger partial charge < -0.3 is 10.3 Å². The molecule has 98 valence electrons. The maximum Gasteiger partial charge on any atom is 0.272 e. The van der Waals surface area contributed by atoms with Crippen molar-refractivity contribution in [3.05, 3.63) is 54.0 Å². The van der Waals surface area contributed by atoms with Crippen LogP contribution in [0.4, 0.5) is 5.82 Å². The minimum atomic E-state index is -0.166. The molecule has 0 aliphatic rings. The normalized spacial score (nSPS) is 10.0. The summed E-state index contributed by atoms with van der Waals surface area (Å²) in [5, 5.41) is 0. The van der Waals surface area contributed by atoms with Gasteiger partial charge in [-0.3, -0.25) is 9.78 Å². The van der Waals surface area contributed by atoms with Gasteiger partial charge in [0, 0.05) is 26.0 Å². The molecule has 0 saturated heterocycles. The number of nitrogens with one attached hydrogen (secondary N) is 1. The molecule has 6 nitrogen and oxygen atoms in total. The fraction of sp³-hybridized carbons (Fsp3) is 0.154. The highest BCUT2D eigenvalue weighted by molar-refractivity contribution is 5.92. The summed E-state index contributed by atoms with van der Waals surface area (Å²) in [6.07, 6.45) is 3.43. The van der Waals surface area contributed by atoms with Crippen molar-refractivity contribution >= 4 is 11.7 Å². The number of carbonyl (C=O) groups is 1. The average molecular weight is 257 g/mol. The van der Waals surface area contributed by atoms with Crippen molar-refractivity contribution in [2.75, 3.05) is 12.5 Å². The van der Waals surface area contributed by atoms with Crippen molar-refractivity contribution in [2.45, 2.75) is 6.54 Å². The van der Waals surface area contributed by atoms with Crippen LogP contribution in [0.3, 0.4) is 0 Å². The van der Waals surface area contributed by atoms with Gasteiger partial charge in [-0.15, -0.1) is 0 Å². The Morgan fingerprint density at radius 1 is 1.37 bits per heavy atom. The van der Waals surface area contributed by atoms with Crippen molar-refractivity contribution in [2.24, 2.45) is 5.84 Å². The van der Waals surface area contributed by atoms with E-state index in [0.29, 0.717) is 18.1 Å². The fourth-order valence-electron chi connectivity index (χ4n) is 1.67. The Hall–Kier alpha value is -2.47. The quantitative estimate of drug-likeness (QED) is 0.631. The number of rotatable bonds is 4. The fourth-order valence-corrected chi connectivity index (χ4v) is 1.67. The number of nitrogens with zero attached hydrogens (tertiary/aromatic N) is 3. The van der Waals surface area contributed by atoms with E-state index in [2.05, 4.69) is 15.4 Å². The molecule has 19 heavy (non-hydrogen) atoms. The zero-order valence-corrected chi connectivity index (χ0v) is 10.6. The van der Waals surface area contributed by atoms with E-state index in [0.717, 1.165) is 5.56 Å². The number of pyridine rings is 2. The number of nitrogen functional groups attached to an aromatic ring is 1. The molecule has 0 aromatic carbocycles. The average Bonchev–Trinajstić information content (AvgIpc) is 2.47. The van der Waals surface area contributed by atoms with Gasteiger partial charge in [-0.05, 0) is 23.8 Å². The molecule has 0 aliphatic heterocycles. The van der Waals surface area contributed by atoms with Crippen molar-refractivity contribution in [3.63, 3.8) is 0 Å².